The van der Waals surface area contributed by atoms with E-state index in [2.05, 4.69) is 27.3 Å². The van der Waals surface area contributed by atoms with E-state index in [9.17, 15) is 4.79 Å². The third-order valence-corrected chi connectivity index (χ3v) is 3.73. The molecule has 1 N–H and O–H groups in total. The predicted octanol–water partition coefficient (Wildman–Crippen LogP) is 1.47. The molecule has 1 amide bonds. The molecule has 0 spiro atoms. The highest BCUT2D eigenvalue weighted by atomic mass is 16.1. The average Bonchev–Trinajstić information content (AvgIpc) is 2.42. The van der Waals surface area contributed by atoms with Gasteiger partial charge in [-0.15, -0.1) is 0 Å². The Morgan fingerprint density at radius 2 is 2.21 bits per heavy atom. The Morgan fingerprint density at radius 3 is 2.84 bits per heavy atom. The van der Waals surface area contributed by atoms with Crippen molar-refractivity contribution in [1.82, 2.24) is 15.2 Å². The molecule has 1 saturated heterocycles. The number of nitrogens with one attached hydrogen (secondary N) is 1. The van der Waals surface area contributed by atoms with Gasteiger partial charge in [0.1, 0.15) is 0 Å². The van der Waals surface area contributed by atoms with Crippen molar-refractivity contribution in [2.24, 2.45) is 5.92 Å². The zero-order chi connectivity index (χ0) is 13.5. The van der Waals surface area contributed by atoms with Gasteiger partial charge in [-0.2, -0.15) is 0 Å². The van der Waals surface area contributed by atoms with E-state index in [1.165, 1.54) is 18.5 Å². The van der Waals surface area contributed by atoms with Gasteiger partial charge in [0.05, 0.1) is 0 Å². The number of piperidine rings is 1. The molecule has 1 aliphatic heterocycles. The molecule has 1 fully saturated rings. The second-order valence-corrected chi connectivity index (χ2v) is 5.29. The van der Waals surface area contributed by atoms with Gasteiger partial charge in [0, 0.05) is 31.9 Å². The van der Waals surface area contributed by atoms with Gasteiger partial charge in [0.15, 0.2) is 0 Å². The fraction of sp³-hybridized carbons (Fsp3) is 0.600. The maximum Gasteiger partial charge on any atom is 0.216 e. The van der Waals surface area contributed by atoms with Crippen molar-refractivity contribution in [1.29, 1.82) is 0 Å². The molecule has 19 heavy (non-hydrogen) atoms. The van der Waals surface area contributed by atoms with Gasteiger partial charge in [0.2, 0.25) is 5.91 Å². The van der Waals surface area contributed by atoms with E-state index in [0.29, 0.717) is 0 Å². The van der Waals surface area contributed by atoms with Crippen LogP contribution in [0.25, 0.3) is 0 Å². The zero-order valence-corrected chi connectivity index (χ0v) is 11.6. The normalized spacial score (nSPS) is 17.3. The largest absolute Gasteiger partial charge is 0.355 e. The molecule has 0 atom stereocenters. The molecule has 0 radical (unpaired) electrons. The summed E-state index contributed by atoms with van der Waals surface area (Å²) < 4.78 is 0. The van der Waals surface area contributed by atoms with Gasteiger partial charge in [0.25, 0.3) is 0 Å². The van der Waals surface area contributed by atoms with Gasteiger partial charge < -0.3 is 10.2 Å². The van der Waals surface area contributed by atoms with Gasteiger partial charge in [-0.25, -0.2) is 0 Å². The quantitative estimate of drug-likeness (QED) is 0.873. The number of nitrogens with zero attached hydrogens (tertiary/aromatic N) is 2. The van der Waals surface area contributed by atoms with Crippen molar-refractivity contribution < 1.29 is 4.79 Å². The summed E-state index contributed by atoms with van der Waals surface area (Å²) >= 11 is 0. The summed E-state index contributed by atoms with van der Waals surface area (Å²) in [4.78, 5) is 17.6. The first-order chi connectivity index (χ1) is 9.24. The molecular formula is C15H23N3O. The SMILES string of the molecule is CC(=O)NCCN1CCC(Cc2ccccn2)CC1. The second kappa shape index (κ2) is 7.24. The van der Waals surface area contributed by atoms with Crippen molar-refractivity contribution in [2.75, 3.05) is 26.2 Å². The van der Waals surface area contributed by atoms with E-state index >= 15 is 0 Å². The molecule has 1 aromatic rings. The molecule has 0 aromatic carbocycles. The lowest BCUT2D eigenvalue weighted by Crippen LogP contribution is -2.39. The van der Waals surface area contributed by atoms with Crippen LogP contribution in [-0.2, 0) is 11.2 Å². The van der Waals surface area contributed by atoms with Crippen LogP contribution >= 0.6 is 0 Å². The van der Waals surface area contributed by atoms with Crippen LogP contribution < -0.4 is 5.32 Å². The van der Waals surface area contributed by atoms with Crippen LogP contribution in [-0.4, -0.2) is 42.0 Å². The Labute approximate surface area is 115 Å². The molecule has 104 valence electrons. The highest BCUT2D eigenvalue weighted by molar-refractivity contribution is 5.72. The standard InChI is InChI=1S/C15H23N3O/c1-13(19)16-8-11-18-9-5-14(6-10-18)12-15-4-2-3-7-17-15/h2-4,7,14H,5-6,8-12H2,1H3,(H,16,19). The van der Waals surface area contributed by atoms with E-state index in [1.54, 1.807) is 6.92 Å². The van der Waals surface area contributed by atoms with Crippen LogP contribution in [0.15, 0.2) is 24.4 Å². The number of carbonyl (C=O) groups is 1. The maximum absolute atomic E-state index is 10.8. The number of hydrogen-bond donors (Lipinski definition) is 1. The molecule has 2 heterocycles. The molecule has 0 unspecified atom stereocenters. The maximum atomic E-state index is 10.8. The number of hydrogen-bond acceptors (Lipinski definition) is 3. The van der Waals surface area contributed by atoms with Gasteiger partial charge in [-0.1, -0.05) is 6.07 Å². The summed E-state index contributed by atoms with van der Waals surface area (Å²) in [6.45, 7) is 5.57. The Bertz CT molecular complexity index is 386. The van der Waals surface area contributed by atoms with Crippen LogP contribution in [0.4, 0.5) is 0 Å². The number of amides is 1. The topological polar surface area (TPSA) is 45.2 Å². The second-order valence-electron chi connectivity index (χ2n) is 5.29. The monoisotopic (exact) mass is 261 g/mol. The fourth-order valence-electron chi connectivity index (χ4n) is 2.62. The smallest absolute Gasteiger partial charge is 0.216 e. The van der Waals surface area contributed by atoms with Crippen molar-refractivity contribution in [3.8, 4) is 0 Å². The van der Waals surface area contributed by atoms with Crippen LogP contribution in [0, 0.1) is 5.92 Å². The van der Waals surface area contributed by atoms with Gasteiger partial charge in [-0.3, -0.25) is 9.78 Å². The minimum atomic E-state index is 0.0602. The Morgan fingerprint density at radius 1 is 1.42 bits per heavy atom. The molecule has 1 aromatic heterocycles. The van der Waals surface area contributed by atoms with Gasteiger partial charge >= 0.3 is 0 Å². The van der Waals surface area contributed by atoms with Gasteiger partial charge in [-0.05, 0) is 50.4 Å². The molecule has 2 rings (SSSR count). The first-order valence-corrected chi connectivity index (χ1v) is 7.11. The van der Waals surface area contributed by atoms with Crippen molar-refractivity contribution >= 4 is 5.91 Å². The van der Waals surface area contributed by atoms with E-state index in [4.69, 9.17) is 0 Å². The number of pyridine rings is 1. The minimum Gasteiger partial charge on any atom is -0.355 e. The predicted molar refractivity (Wildman–Crippen MR) is 75.8 cm³/mol. The molecule has 4 heteroatoms. The van der Waals surface area contributed by atoms with Crippen LogP contribution in [0.1, 0.15) is 25.5 Å². The lowest BCUT2D eigenvalue weighted by atomic mass is 9.92. The molecule has 0 aliphatic carbocycles. The Hall–Kier alpha value is -1.42. The highest BCUT2D eigenvalue weighted by Gasteiger charge is 2.19. The summed E-state index contributed by atoms with van der Waals surface area (Å²) in [7, 11) is 0. The lowest BCUT2D eigenvalue weighted by molar-refractivity contribution is -0.119. The average molecular weight is 261 g/mol. The summed E-state index contributed by atoms with van der Waals surface area (Å²) in [5.41, 5.74) is 1.21. The summed E-state index contributed by atoms with van der Waals surface area (Å²) in [6.07, 6.45) is 5.44. The molecule has 1 aliphatic rings. The van der Waals surface area contributed by atoms with Crippen molar-refractivity contribution in [3.05, 3.63) is 30.1 Å². The van der Waals surface area contributed by atoms with E-state index in [-0.39, 0.29) is 5.91 Å². The molecule has 0 saturated carbocycles. The lowest BCUT2D eigenvalue weighted by Gasteiger charge is -2.31. The van der Waals surface area contributed by atoms with Crippen molar-refractivity contribution in [2.45, 2.75) is 26.2 Å². The summed E-state index contributed by atoms with van der Waals surface area (Å²) in [5.74, 6) is 0.817. The van der Waals surface area contributed by atoms with Crippen LogP contribution in [0.3, 0.4) is 0 Å². The molecule has 0 bridgehead atoms. The van der Waals surface area contributed by atoms with E-state index in [1.807, 2.05) is 12.3 Å². The van der Waals surface area contributed by atoms with Crippen LogP contribution in [0.5, 0.6) is 0 Å². The number of rotatable bonds is 5. The Balaban J connectivity index is 1.66. The Kier molecular flexibility index (Phi) is 5.33. The molecule has 4 nitrogen and oxygen atoms in total. The summed E-state index contributed by atoms with van der Waals surface area (Å²) in [5, 5.41) is 2.85. The minimum absolute atomic E-state index is 0.0602. The highest BCUT2D eigenvalue weighted by Crippen LogP contribution is 2.20. The van der Waals surface area contributed by atoms with E-state index < -0.39 is 0 Å². The third-order valence-electron chi connectivity index (χ3n) is 3.73. The number of aromatic nitrogens is 1. The summed E-state index contributed by atoms with van der Waals surface area (Å²) in [6, 6.07) is 6.14. The van der Waals surface area contributed by atoms with E-state index in [0.717, 1.165) is 38.5 Å². The number of likely N-dealkylation sites (tertiary alicyclic amines) is 1. The van der Waals surface area contributed by atoms with Crippen LogP contribution in [0.2, 0.25) is 0 Å². The molecular weight excluding hydrogens is 238 g/mol. The van der Waals surface area contributed by atoms with Crippen molar-refractivity contribution in [3.63, 3.8) is 0 Å². The third kappa shape index (κ3) is 4.99. The first-order valence-electron chi connectivity index (χ1n) is 7.11. The number of carbonyl (C=O) groups excluding carboxylic acids is 1. The first kappa shape index (κ1) is 14.0. The zero-order valence-electron chi connectivity index (χ0n) is 11.6. The fourth-order valence-corrected chi connectivity index (χ4v) is 2.62.